The summed E-state index contributed by atoms with van der Waals surface area (Å²) in [5.74, 6) is 0.322. The summed E-state index contributed by atoms with van der Waals surface area (Å²) in [5, 5.41) is 0. The normalized spacial score (nSPS) is 17.6. The third kappa shape index (κ3) is 4.09. The van der Waals surface area contributed by atoms with E-state index in [9.17, 15) is 4.79 Å². The summed E-state index contributed by atoms with van der Waals surface area (Å²) in [6, 6.07) is 14.9. The summed E-state index contributed by atoms with van der Waals surface area (Å²) < 4.78 is 7.77. The minimum Gasteiger partial charge on any atom is -0.460 e. The van der Waals surface area contributed by atoms with Crippen LogP contribution in [0.25, 0.3) is 11.6 Å². The Labute approximate surface area is 167 Å². The number of ether oxygens (including phenoxy) is 1. The lowest BCUT2D eigenvalue weighted by Crippen LogP contribution is -2.37. The molecule has 0 aliphatic heterocycles. The van der Waals surface area contributed by atoms with Gasteiger partial charge in [0.05, 0.1) is 5.56 Å². The molecule has 28 heavy (non-hydrogen) atoms. The van der Waals surface area contributed by atoms with Gasteiger partial charge >= 0.3 is 5.97 Å². The third-order valence-corrected chi connectivity index (χ3v) is 5.28. The molecule has 1 heterocycles. The smallest absolute Gasteiger partial charge is 0.306 e. The van der Waals surface area contributed by atoms with Crippen LogP contribution >= 0.6 is 0 Å². The van der Waals surface area contributed by atoms with Gasteiger partial charge in [0.15, 0.2) is 12.7 Å². The summed E-state index contributed by atoms with van der Waals surface area (Å²) in [5.41, 5.74) is 6.26. The van der Waals surface area contributed by atoms with Gasteiger partial charge in [0, 0.05) is 24.1 Å². The molecule has 1 atom stereocenters. The third-order valence-electron chi connectivity index (χ3n) is 5.28. The Morgan fingerprint density at radius 2 is 1.93 bits per heavy atom. The molecule has 3 nitrogen and oxygen atoms in total. The highest BCUT2D eigenvalue weighted by Crippen LogP contribution is 2.44. The zero-order valence-corrected chi connectivity index (χ0v) is 16.9. The lowest BCUT2D eigenvalue weighted by Gasteiger charge is -2.19. The molecule has 1 aromatic carbocycles. The SMILES string of the molecule is CC(C)(C)OC(=O)CCC1C=C2C(=Cc3c2ccc[n+]3Cc2ccccc2)C1. The van der Waals surface area contributed by atoms with Crippen molar-refractivity contribution in [3.05, 3.63) is 77.1 Å². The average Bonchev–Trinajstić information content (AvgIpc) is 3.18. The summed E-state index contributed by atoms with van der Waals surface area (Å²) in [6.45, 7) is 6.63. The van der Waals surface area contributed by atoms with E-state index in [1.54, 1.807) is 0 Å². The quantitative estimate of drug-likeness (QED) is 0.548. The Kier molecular flexibility index (Phi) is 4.92. The highest BCUT2D eigenvalue weighted by molar-refractivity contribution is 5.94. The number of esters is 1. The van der Waals surface area contributed by atoms with Gasteiger partial charge in [-0.1, -0.05) is 36.4 Å². The number of hydrogen-bond donors (Lipinski definition) is 0. The number of pyridine rings is 1. The number of carbonyl (C=O) groups is 1. The molecule has 1 aromatic heterocycles. The summed E-state index contributed by atoms with van der Waals surface area (Å²) >= 11 is 0. The van der Waals surface area contributed by atoms with Crippen molar-refractivity contribution in [2.45, 2.75) is 52.2 Å². The maximum atomic E-state index is 12.0. The molecule has 0 saturated carbocycles. The second-order valence-corrected chi connectivity index (χ2v) is 8.76. The number of carbonyl (C=O) groups excluding carboxylic acids is 1. The van der Waals surface area contributed by atoms with Crippen molar-refractivity contribution in [1.82, 2.24) is 0 Å². The molecule has 2 aliphatic carbocycles. The van der Waals surface area contributed by atoms with E-state index in [0.29, 0.717) is 12.3 Å². The Balaban J connectivity index is 1.46. The van der Waals surface area contributed by atoms with Gasteiger partial charge in [0.25, 0.3) is 0 Å². The molecule has 2 aliphatic rings. The van der Waals surface area contributed by atoms with Crippen molar-refractivity contribution in [1.29, 1.82) is 0 Å². The number of allylic oxidation sites excluding steroid dienone is 3. The van der Waals surface area contributed by atoms with Crippen LogP contribution in [0.1, 0.15) is 56.9 Å². The average molecular weight is 375 g/mol. The van der Waals surface area contributed by atoms with Crippen LogP contribution in [-0.2, 0) is 16.1 Å². The number of aromatic nitrogens is 1. The van der Waals surface area contributed by atoms with E-state index < -0.39 is 5.60 Å². The monoisotopic (exact) mass is 374 g/mol. The van der Waals surface area contributed by atoms with Crippen LogP contribution in [0.4, 0.5) is 0 Å². The van der Waals surface area contributed by atoms with Crippen molar-refractivity contribution < 1.29 is 14.1 Å². The lowest BCUT2D eigenvalue weighted by atomic mass is 10.0. The molecule has 0 radical (unpaired) electrons. The second-order valence-electron chi connectivity index (χ2n) is 8.76. The van der Waals surface area contributed by atoms with E-state index in [0.717, 1.165) is 19.4 Å². The van der Waals surface area contributed by atoms with E-state index in [4.69, 9.17) is 4.74 Å². The number of benzene rings is 1. The largest absolute Gasteiger partial charge is 0.460 e. The number of nitrogens with zero attached hydrogens (tertiary/aromatic N) is 1. The predicted octanol–water partition coefficient (Wildman–Crippen LogP) is 4.94. The Hall–Kier alpha value is -2.68. The van der Waals surface area contributed by atoms with Crippen molar-refractivity contribution in [3.63, 3.8) is 0 Å². The van der Waals surface area contributed by atoms with Gasteiger partial charge in [0.1, 0.15) is 5.60 Å². The van der Waals surface area contributed by atoms with Crippen LogP contribution < -0.4 is 4.57 Å². The Morgan fingerprint density at radius 3 is 2.68 bits per heavy atom. The fourth-order valence-corrected chi connectivity index (χ4v) is 4.11. The molecule has 4 rings (SSSR count). The Bertz CT molecular complexity index is 948. The number of fused-ring (bicyclic) bond motifs is 3. The van der Waals surface area contributed by atoms with Crippen LogP contribution in [0, 0.1) is 5.92 Å². The molecule has 0 bridgehead atoms. The number of hydrogen-bond acceptors (Lipinski definition) is 2. The first kappa shape index (κ1) is 18.7. The molecular weight excluding hydrogens is 346 g/mol. The van der Waals surface area contributed by atoms with Gasteiger partial charge in [-0.2, -0.15) is 4.57 Å². The minimum atomic E-state index is -0.407. The fourth-order valence-electron chi connectivity index (χ4n) is 4.11. The molecule has 3 heteroatoms. The minimum absolute atomic E-state index is 0.0990. The van der Waals surface area contributed by atoms with Gasteiger partial charge in [-0.15, -0.1) is 0 Å². The highest BCUT2D eigenvalue weighted by atomic mass is 16.6. The van der Waals surface area contributed by atoms with Crippen molar-refractivity contribution in [3.8, 4) is 0 Å². The van der Waals surface area contributed by atoms with E-state index >= 15 is 0 Å². The standard InChI is InChI=1S/C25H28NO2/c1-25(2,3)28-24(27)12-11-19-14-20-16-23-21(22(20)15-19)10-7-13-26(23)17-18-8-5-4-6-9-18/h4-10,13,15-16,19H,11-12,14,17H2,1-3H3/q+1. The van der Waals surface area contributed by atoms with E-state index in [-0.39, 0.29) is 5.97 Å². The molecular formula is C25H28NO2+. The highest BCUT2D eigenvalue weighted by Gasteiger charge is 2.32. The summed E-state index contributed by atoms with van der Waals surface area (Å²) in [6.07, 6.45) is 9.19. The first-order valence-electron chi connectivity index (χ1n) is 10.1. The van der Waals surface area contributed by atoms with Crippen molar-refractivity contribution in [2.24, 2.45) is 5.92 Å². The molecule has 144 valence electrons. The predicted molar refractivity (Wildman–Crippen MR) is 111 cm³/mol. The topological polar surface area (TPSA) is 30.2 Å². The van der Waals surface area contributed by atoms with Crippen LogP contribution in [0.2, 0.25) is 0 Å². The van der Waals surface area contributed by atoms with Crippen LogP contribution in [0.5, 0.6) is 0 Å². The number of rotatable bonds is 5. The first-order valence-corrected chi connectivity index (χ1v) is 10.1. The van der Waals surface area contributed by atoms with Gasteiger partial charge in [-0.25, -0.2) is 0 Å². The second kappa shape index (κ2) is 7.38. The molecule has 0 N–H and O–H groups in total. The summed E-state index contributed by atoms with van der Waals surface area (Å²) in [7, 11) is 0. The Morgan fingerprint density at radius 1 is 1.14 bits per heavy atom. The van der Waals surface area contributed by atoms with Crippen LogP contribution in [0.15, 0.2) is 60.3 Å². The van der Waals surface area contributed by atoms with Crippen LogP contribution in [-0.4, -0.2) is 11.6 Å². The zero-order valence-electron chi connectivity index (χ0n) is 16.9. The van der Waals surface area contributed by atoms with E-state index in [1.165, 1.54) is 28.0 Å². The molecule has 0 amide bonds. The van der Waals surface area contributed by atoms with Crippen molar-refractivity contribution in [2.75, 3.05) is 0 Å². The van der Waals surface area contributed by atoms with E-state index in [1.807, 2.05) is 20.8 Å². The summed E-state index contributed by atoms with van der Waals surface area (Å²) in [4.78, 5) is 12.0. The molecule has 0 saturated heterocycles. The van der Waals surface area contributed by atoms with Gasteiger partial charge in [0.2, 0.25) is 5.69 Å². The van der Waals surface area contributed by atoms with Gasteiger partial charge in [-0.3, -0.25) is 4.79 Å². The maximum absolute atomic E-state index is 12.0. The zero-order chi connectivity index (χ0) is 19.7. The fraction of sp³-hybridized carbons (Fsp3) is 0.360. The maximum Gasteiger partial charge on any atom is 0.306 e. The lowest BCUT2D eigenvalue weighted by molar-refractivity contribution is -0.690. The van der Waals surface area contributed by atoms with Crippen LogP contribution in [0.3, 0.4) is 0 Å². The van der Waals surface area contributed by atoms with Gasteiger partial charge in [-0.05, 0) is 56.7 Å². The molecule has 0 spiro atoms. The van der Waals surface area contributed by atoms with Crippen molar-refractivity contribution >= 4 is 17.6 Å². The van der Waals surface area contributed by atoms with Gasteiger partial charge < -0.3 is 4.74 Å². The first-order chi connectivity index (χ1) is 13.4. The molecule has 2 aromatic rings. The molecule has 1 unspecified atom stereocenters. The molecule has 0 fully saturated rings. The van der Waals surface area contributed by atoms with E-state index in [2.05, 4.69) is 65.4 Å².